The van der Waals surface area contributed by atoms with Crippen molar-refractivity contribution in [2.75, 3.05) is 5.73 Å². The zero-order valence-electron chi connectivity index (χ0n) is 9.68. The monoisotopic (exact) mass is 226 g/mol. The molecule has 0 aliphatic heterocycles. The second-order valence-corrected chi connectivity index (χ2v) is 3.80. The topological polar surface area (TPSA) is 56.0 Å². The maximum Gasteiger partial charge on any atom is 0.150 e. The van der Waals surface area contributed by atoms with Crippen molar-refractivity contribution in [2.45, 2.75) is 13.3 Å². The van der Waals surface area contributed by atoms with Crippen molar-refractivity contribution in [2.24, 2.45) is 0 Å². The van der Waals surface area contributed by atoms with Gasteiger partial charge in [-0.25, -0.2) is 4.98 Å². The molecule has 0 fully saturated rings. The maximum atomic E-state index is 11.1. The molecule has 0 aliphatic carbocycles. The van der Waals surface area contributed by atoms with Gasteiger partial charge in [0, 0.05) is 11.1 Å². The van der Waals surface area contributed by atoms with Gasteiger partial charge in [0.1, 0.15) is 5.82 Å². The molecule has 3 heteroatoms. The Morgan fingerprint density at radius 2 is 2.00 bits per heavy atom. The summed E-state index contributed by atoms with van der Waals surface area (Å²) in [5, 5.41) is 0. The molecule has 0 aliphatic rings. The van der Waals surface area contributed by atoms with E-state index < -0.39 is 0 Å². The molecule has 1 heterocycles. The Morgan fingerprint density at radius 3 is 2.65 bits per heavy atom. The minimum Gasteiger partial charge on any atom is -0.384 e. The number of benzene rings is 1. The van der Waals surface area contributed by atoms with E-state index in [-0.39, 0.29) is 0 Å². The van der Waals surface area contributed by atoms with E-state index in [0.29, 0.717) is 11.4 Å². The highest BCUT2D eigenvalue weighted by molar-refractivity contribution is 5.88. The van der Waals surface area contributed by atoms with Crippen LogP contribution in [0.2, 0.25) is 0 Å². The fraction of sp³-hybridized carbons (Fsp3) is 0.143. The molecule has 2 aromatic rings. The van der Waals surface area contributed by atoms with Crippen molar-refractivity contribution in [1.29, 1.82) is 0 Å². The molecule has 0 bridgehead atoms. The van der Waals surface area contributed by atoms with Gasteiger partial charge < -0.3 is 5.73 Å². The fourth-order valence-corrected chi connectivity index (χ4v) is 1.92. The number of aryl methyl sites for hydroxylation is 1. The highest BCUT2D eigenvalue weighted by Gasteiger charge is 2.10. The number of aldehydes is 1. The molecule has 2 N–H and O–H groups in total. The summed E-state index contributed by atoms with van der Waals surface area (Å²) < 4.78 is 0. The predicted molar refractivity (Wildman–Crippen MR) is 68.9 cm³/mol. The van der Waals surface area contributed by atoms with Gasteiger partial charge in [0.2, 0.25) is 0 Å². The molecule has 17 heavy (non-hydrogen) atoms. The van der Waals surface area contributed by atoms with Crippen LogP contribution in [0.4, 0.5) is 5.82 Å². The van der Waals surface area contributed by atoms with Crippen LogP contribution >= 0.6 is 0 Å². The van der Waals surface area contributed by atoms with E-state index in [1.807, 2.05) is 24.3 Å². The number of aromatic nitrogens is 1. The molecule has 0 saturated heterocycles. The molecule has 0 amide bonds. The van der Waals surface area contributed by atoms with E-state index in [9.17, 15) is 4.79 Å². The van der Waals surface area contributed by atoms with Gasteiger partial charge in [-0.1, -0.05) is 31.2 Å². The van der Waals surface area contributed by atoms with Crippen LogP contribution in [0.5, 0.6) is 0 Å². The van der Waals surface area contributed by atoms with Crippen LogP contribution in [0.25, 0.3) is 11.3 Å². The first-order valence-electron chi connectivity index (χ1n) is 5.56. The standard InChI is InChI=1S/C14H14N2O/c1-2-10-5-3-6-11(9-17)14(10)12-7-4-8-13(15)16-12/h3-9H,2H2,1H3,(H2,15,16). The normalized spacial score (nSPS) is 10.2. The number of carbonyl (C=O) groups is 1. The number of nitrogens with zero attached hydrogens (tertiary/aromatic N) is 1. The number of hydrogen-bond donors (Lipinski definition) is 1. The van der Waals surface area contributed by atoms with Crippen molar-refractivity contribution in [3.05, 3.63) is 47.5 Å². The lowest BCUT2D eigenvalue weighted by Crippen LogP contribution is -1.98. The summed E-state index contributed by atoms with van der Waals surface area (Å²) in [6, 6.07) is 11.1. The Kier molecular flexibility index (Phi) is 3.19. The van der Waals surface area contributed by atoms with Crippen LogP contribution in [-0.4, -0.2) is 11.3 Å². The Bertz CT molecular complexity index is 550. The number of nitrogens with two attached hydrogens (primary N) is 1. The molecule has 0 spiro atoms. The quantitative estimate of drug-likeness (QED) is 0.819. The first kappa shape index (κ1) is 11.3. The van der Waals surface area contributed by atoms with E-state index in [4.69, 9.17) is 5.73 Å². The van der Waals surface area contributed by atoms with Crippen molar-refractivity contribution in [1.82, 2.24) is 4.98 Å². The number of nitrogen functional groups attached to an aromatic ring is 1. The first-order chi connectivity index (χ1) is 8.26. The molecule has 0 atom stereocenters. The van der Waals surface area contributed by atoms with E-state index in [0.717, 1.165) is 29.5 Å². The first-order valence-corrected chi connectivity index (χ1v) is 5.56. The van der Waals surface area contributed by atoms with Gasteiger partial charge in [0.15, 0.2) is 6.29 Å². The Hall–Kier alpha value is -2.16. The second-order valence-electron chi connectivity index (χ2n) is 3.80. The SMILES string of the molecule is CCc1cccc(C=O)c1-c1cccc(N)n1. The van der Waals surface area contributed by atoms with Crippen molar-refractivity contribution in [3.63, 3.8) is 0 Å². The molecule has 0 saturated carbocycles. The third-order valence-electron chi connectivity index (χ3n) is 2.72. The average Bonchev–Trinajstić information content (AvgIpc) is 2.37. The van der Waals surface area contributed by atoms with E-state index in [2.05, 4.69) is 11.9 Å². The zero-order valence-corrected chi connectivity index (χ0v) is 9.68. The Morgan fingerprint density at radius 1 is 1.24 bits per heavy atom. The van der Waals surface area contributed by atoms with Crippen LogP contribution in [-0.2, 0) is 6.42 Å². The number of carbonyl (C=O) groups excluding carboxylic acids is 1. The van der Waals surface area contributed by atoms with Gasteiger partial charge in [-0.05, 0) is 24.1 Å². The fourth-order valence-electron chi connectivity index (χ4n) is 1.92. The van der Waals surface area contributed by atoms with Crippen LogP contribution in [0.3, 0.4) is 0 Å². The predicted octanol–water partition coefficient (Wildman–Crippen LogP) is 2.71. The van der Waals surface area contributed by atoms with Gasteiger partial charge in [0.25, 0.3) is 0 Å². The summed E-state index contributed by atoms with van der Waals surface area (Å²) in [4.78, 5) is 15.4. The molecule has 2 rings (SSSR count). The smallest absolute Gasteiger partial charge is 0.150 e. The van der Waals surface area contributed by atoms with Crippen molar-refractivity contribution >= 4 is 12.1 Å². The molecule has 0 radical (unpaired) electrons. The summed E-state index contributed by atoms with van der Waals surface area (Å²) in [6.45, 7) is 2.06. The summed E-state index contributed by atoms with van der Waals surface area (Å²) in [5.41, 5.74) is 9.08. The Labute approximate surface area is 100 Å². The lowest BCUT2D eigenvalue weighted by atomic mass is 9.97. The molecule has 0 unspecified atom stereocenters. The van der Waals surface area contributed by atoms with Crippen molar-refractivity contribution < 1.29 is 4.79 Å². The lowest BCUT2D eigenvalue weighted by molar-refractivity contribution is 0.112. The summed E-state index contributed by atoms with van der Waals surface area (Å²) in [6.07, 6.45) is 1.72. The van der Waals surface area contributed by atoms with Gasteiger partial charge in [-0.3, -0.25) is 4.79 Å². The molecule has 1 aromatic heterocycles. The van der Waals surface area contributed by atoms with E-state index in [1.165, 1.54) is 0 Å². The number of anilines is 1. The van der Waals surface area contributed by atoms with E-state index in [1.54, 1.807) is 12.1 Å². The van der Waals surface area contributed by atoms with Crippen molar-refractivity contribution in [3.8, 4) is 11.3 Å². The maximum absolute atomic E-state index is 11.1. The summed E-state index contributed by atoms with van der Waals surface area (Å²) >= 11 is 0. The molecule has 1 aromatic carbocycles. The van der Waals surface area contributed by atoms with Gasteiger partial charge in [-0.15, -0.1) is 0 Å². The Balaban J connectivity index is 2.68. The number of rotatable bonds is 3. The summed E-state index contributed by atoms with van der Waals surface area (Å²) in [7, 11) is 0. The molecular formula is C14H14N2O. The summed E-state index contributed by atoms with van der Waals surface area (Å²) in [5.74, 6) is 0.463. The van der Waals surface area contributed by atoms with Gasteiger partial charge >= 0.3 is 0 Å². The second kappa shape index (κ2) is 4.78. The number of hydrogen-bond acceptors (Lipinski definition) is 3. The largest absolute Gasteiger partial charge is 0.384 e. The minimum atomic E-state index is 0.463. The zero-order chi connectivity index (χ0) is 12.3. The van der Waals surface area contributed by atoms with E-state index >= 15 is 0 Å². The molecule has 3 nitrogen and oxygen atoms in total. The highest BCUT2D eigenvalue weighted by atomic mass is 16.1. The highest BCUT2D eigenvalue weighted by Crippen LogP contribution is 2.26. The van der Waals surface area contributed by atoms with Gasteiger partial charge in [-0.2, -0.15) is 0 Å². The van der Waals surface area contributed by atoms with Crippen LogP contribution < -0.4 is 5.73 Å². The third-order valence-corrected chi connectivity index (χ3v) is 2.72. The molecule has 86 valence electrons. The minimum absolute atomic E-state index is 0.463. The molecular weight excluding hydrogens is 212 g/mol. The average molecular weight is 226 g/mol. The lowest BCUT2D eigenvalue weighted by Gasteiger charge is -2.10. The van der Waals surface area contributed by atoms with Crippen LogP contribution in [0.1, 0.15) is 22.8 Å². The number of pyridine rings is 1. The van der Waals surface area contributed by atoms with Crippen LogP contribution in [0, 0.1) is 0 Å². The van der Waals surface area contributed by atoms with Crippen LogP contribution in [0.15, 0.2) is 36.4 Å². The van der Waals surface area contributed by atoms with Gasteiger partial charge in [0.05, 0.1) is 5.69 Å². The third kappa shape index (κ3) is 2.18.